The first kappa shape index (κ1) is 12.2. The van der Waals surface area contributed by atoms with E-state index in [4.69, 9.17) is 5.11 Å². The summed E-state index contributed by atoms with van der Waals surface area (Å²) in [6, 6.07) is 4.29. The Bertz CT molecular complexity index is 685. The van der Waals surface area contributed by atoms with Crippen molar-refractivity contribution < 1.29 is 27.5 Å². The van der Waals surface area contributed by atoms with Gasteiger partial charge in [0.25, 0.3) is 5.78 Å². The van der Waals surface area contributed by atoms with Gasteiger partial charge in [0, 0.05) is 11.5 Å². The molecule has 1 heterocycles. The van der Waals surface area contributed by atoms with Crippen molar-refractivity contribution in [2.45, 2.75) is 6.18 Å². The third-order valence-electron chi connectivity index (χ3n) is 2.22. The Hall–Kier alpha value is -2.31. The molecule has 1 aromatic heterocycles. The van der Waals surface area contributed by atoms with E-state index in [1.165, 1.54) is 12.1 Å². The van der Waals surface area contributed by atoms with Crippen molar-refractivity contribution >= 4 is 16.8 Å². The highest BCUT2D eigenvalue weighted by atomic mass is 19.4. The molecule has 0 spiro atoms. The van der Waals surface area contributed by atoms with Gasteiger partial charge in [-0.05, 0) is 18.2 Å². The molecule has 2 rings (SSSR count). The van der Waals surface area contributed by atoms with Crippen LogP contribution in [-0.4, -0.2) is 17.1 Å². The molecular formula is C11H5F3O4. The predicted molar refractivity (Wildman–Crippen MR) is 54.5 cm³/mol. The molecule has 0 bridgehead atoms. The van der Waals surface area contributed by atoms with Gasteiger partial charge in [0.1, 0.15) is 16.9 Å². The summed E-state index contributed by atoms with van der Waals surface area (Å²) in [6.45, 7) is 0. The molecular weight excluding hydrogens is 253 g/mol. The molecule has 1 N–H and O–H groups in total. The number of rotatable bonds is 1. The molecule has 7 heteroatoms. The van der Waals surface area contributed by atoms with Crippen LogP contribution in [0.3, 0.4) is 0 Å². The quantitative estimate of drug-likeness (QED) is 0.629. The number of ketones is 1. The van der Waals surface area contributed by atoms with Crippen LogP contribution in [0, 0.1) is 0 Å². The predicted octanol–water partition coefficient (Wildman–Crippen LogP) is 2.24. The molecule has 0 radical (unpaired) electrons. The van der Waals surface area contributed by atoms with Crippen LogP contribution in [0.25, 0.3) is 11.0 Å². The Morgan fingerprint density at radius 1 is 1.22 bits per heavy atom. The molecule has 0 atom stereocenters. The number of carbonyl (C=O) groups is 1. The van der Waals surface area contributed by atoms with Crippen LogP contribution in [0.2, 0.25) is 0 Å². The molecule has 0 aliphatic rings. The lowest BCUT2D eigenvalue weighted by atomic mass is 10.1. The molecule has 0 unspecified atom stereocenters. The smallest absolute Gasteiger partial charge is 0.455 e. The minimum absolute atomic E-state index is 0.0984. The maximum absolute atomic E-state index is 12.2. The molecule has 0 saturated carbocycles. The number of phenols is 1. The fourth-order valence-corrected chi connectivity index (χ4v) is 1.41. The maximum atomic E-state index is 12.2. The average Bonchev–Trinajstić information content (AvgIpc) is 2.25. The van der Waals surface area contributed by atoms with E-state index >= 15 is 0 Å². The van der Waals surface area contributed by atoms with Crippen molar-refractivity contribution in [2.75, 3.05) is 0 Å². The number of carbonyl (C=O) groups excluding carboxylic acids is 1. The van der Waals surface area contributed by atoms with Crippen molar-refractivity contribution in [3.05, 3.63) is 40.2 Å². The Kier molecular flexibility index (Phi) is 2.61. The van der Waals surface area contributed by atoms with Crippen molar-refractivity contribution in [3.8, 4) is 5.75 Å². The van der Waals surface area contributed by atoms with E-state index in [0.29, 0.717) is 0 Å². The molecule has 0 aliphatic carbocycles. The van der Waals surface area contributed by atoms with Crippen molar-refractivity contribution in [1.29, 1.82) is 0 Å². The maximum Gasteiger partial charge on any atom is 0.455 e. The first-order valence-corrected chi connectivity index (χ1v) is 4.67. The molecule has 0 fully saturated rings. The summed E-state index contributed by atoms with van der Waals surface area (Å²) >= 11 is 0. The number of Topliss-reactive ketones (excluding diaryl/α,β-unsaturated/α-hetero) is 1. The average molecular weight is 258 g/mol. The van der Waals surface area contributed by atoms with Crippen molar-refractivity contribution in [3.63, 3.8) is 0 Å². The zero-order valence-electron chi connectivity index (χ0n) is 8.62. The first-order chi connectivity index (χ1) is 8.29. The standard InChI is InChI=1S/C11H5F3O4/c12-11(13,14)9(16)7-3-5-1-2-6(15)4-8(5)18-10(7)17/h1-4,15H. The lowest BCUT2D eigenvalue weighted by Gasteiger charge is -2.04. The molecule has 2 aromatic rings. The van der Waals surface area contributed by atoms with Crippen LogP contribution in [0.5, 0.6) is 5.75 Å². The zero-order chi connectivity index (χ0) is 13.5. The number of phenolic OH excluding ortho intramolecular Hbond substituents is 1. The van der Waals surface area contributed by atoms with Crippen LogP contribution in [0.15, 0.2) is 33.5 Å². The Morgan fingerprint density at radius 2 is 1.89 bits per heavy atom. The Balaban J connectivity index is 2.68. The summed E-state index contributed by atoms with van der Waals surface area (Å²) in [5.41, 5.74) is -2.57. The van der Waals surface area contributed by atoms with E-state index in [1.54, 1.807) is 0 Å². The third-order valence-corrected chi connectivity index (χ3v) is 2.22. The van der Waals surface area contributed by atoms with Crippen LogP contribution < -0.4 is 5.63 Å². The van der Waals surface area contributed by atoms with E-state index < -0.39 is 23.1 Å². The van der Waals surface area contributed by atoms with Crippen LogP contribution in [0.1, 0.15) is 10.4 Å². The highest BCUT2D eigenvalue weighted by Crippen LogP contribution is 2.23. The SMILES string of the molecule is O=C(c1cc2ccc(O)cc2oc1=O)C(F)(F)F. The summed E-state index contributed by atoms with van der Waals surface area (Å²) < 4.78 is 41.2. The van der Waals surface area contributed by atoms with Crippen molar-refractivity contribution in [1.82, 2.24) is 0 Å². The largest absolute Gasteiger partial charge is 0.508 e. The first-order valence-electron chi connectivity index (χ1n) is 4.67. The van der Waals surface area contributed by atoms with E-state index in [0.717, 1.165) is 12.1 Å². The van der Waals surface area contributed by atoms with Gasteiger partial charge < -0.3 is 9.52 Å². The fraction of sp³-hybridized carbons (Fsp3) is 0.0909. The third kappa shape index (κ3) is 2.06. The van der Waals surface area contributed by atoms with Gasteiger partial charge in [-0.3, -0.25) is 4.79 Å². The van der Waals surface area contributed by atoms with Gasteiger partial charge in [-0.15, -0.1) is 0 Å². The van der Waals surface area contributed by atoms with Gasteiger partial charge in [0.05, 0.1) is 0 Å². The Labute approximate surface area is 97.3 Å². The number of halogens is 3. The van der Waals surface area contributed by atoms with Gasteiger partial charge in [-0.25, -0.2) is 4.79 Å². The number of fused-ring (bicyclic) bond motifs is 1. The van der Waals surface area contributed by atoms with E-state index in [1.807, 2.05) is 0 Å². The van der Waals surface area contributed by atoms with E-state index in [2.05, 4.69) is 4.42 Å². The molecule has 0 saturated heterocycles. The number of aromatic hydroxyl groups is 1. The number of hydrogen-bond acceptors (Lipinski definition) is 4. The summed E-state index contributed by atoms with van der Waals surface area (Å²) in [7, 11) is 0. The number of benzene rings is 1. The summed E-state index contributed by atoms with van der Waals surface area (Å²) in [4.78, 5) is 22.2. The molecule has 0 amide bonds. The highest BCUT2D eigenvalue weighted by molar-refractivity contribution is 6.01. The lowest BCUT2D eigenvalue weighted by Crippen LogP contribution is -2.27. The molecule has 0 aliphatic heterocycles. The van der Waals surface area contributed by atoms with Crippen LogP contribution in [-0.2, 0) is 0 Å². The number of hydrogen-bond donors (Lipinski definition) is 1. The van der Waals surface area contributed by atoms with Gasteiger partial charge in [-0.1, -0.05) is 0 Å². The molecule has 94 valence electrons. The van der Waals surface area contributed by atoms with Crippen LogP contribution in [0.4, 0.5) is 13.2 Å². The topological polar surface area (TPSA) is 67.5 Å². The van der Waals surface area contributed by atoms with E-state index in [-0.39, 0.29) is 16.7 Å². The fourth-order valence-electron chi connectivity index (χ4n) is 1.41. The second-order valence-electron chi connectivity index (χ2n) is 3.50. The second kappa shape index (κ2) is 3.86. The number of alkyl halides is 3. The molecule has 1 aromatic carbocycles. The molecule has 18 heavy (non-hydrogen) atoms. The molecule has 4 nitrogen and oxygen atoms in total. The minimum atomic E-state index is -5.14. The monoisotopic (exact) mass is 258 g/mol. The second-order valence-corrected chi connectivity index (χ2v) is 3.50. The highest BCUT2D eigenvalue weighted by Gasteiger charge is 2.41. The minimum Gasteiger partial charge on any atom is -0.508 e. The van der Waals surface area contributed by atoms with Crippen LogP contribution >= 0.6 is 0 Å². The Morgan fingerprint density at radius 3 is 2.50 bits per heavy atom. The van der Waals surface area contributed by atoms with Gasteiger partial charge in [0.15, 0.2) is 0 Å². The van der Waals surface area contributed by atoms with E-state index in [9.17, 15) is 22.8 Å². The zero-order valence-corrected chi connectivity index (χ0v) is 8.62. The van der Waals surface area contributed by atoms with Gasteiger partial charge in [0.2, 0.25) is 0 Å². The van der Waals surface area contributed by atoms with Gasteiger partial charge >= 0.3 is 11.8 Å². The summed E-state index contributed by atoms with van der Waals surface area (Å²) in [6.07, 6.45) is -5.14. The lowest BCUT2D eigenvalue weighted by molar-refractivity contribution is -0.0887. The normalized spacial score (nSPS) is 11.7. The van der Waals surface area contributed by atoms with Crippen molar-refractivity contribution in [2.24, 2.45) is 0 Å². The summed E-state index contributed by atoms with van der Waals surface area (Å²) in [5.74, 6) is -2.47. The summed E-state index contributed by atoms with van der Waals surface area (Å²) in [5, 5.41) is 9.23. The van der Waals surface area contributed by atoms with Gasteiger partial charge in [-0.2, -0.15) is 13.2 Å².